The maximum Gasteiger partial charge on any atom is 0.318 e. The minimum atomic E-state index is -0.424. The number of halogens is 1. The number of carbonyl (C=O) groups excluding carboxylic acids is 1. The molecule has 1 N–H and O–H groups in total. The lowest BCUT2D eigenvalue weighted by atomic mass is 10.3. The number of carbonyl (C=O) groups is 1. The Bertz CT molecular complexity index is 428. The number of methoxy groups -OCH3 is 1. The molecule has 1 atom stereocenters. The van der Waals surface area contributed by atoms with Gasteiger partial charge in [0.05, 0.1) is 13.3 Å². The number of anilines is 1. The molecule has 1 aromatic rings. The molecule has 0 aliphatic rings. The zero-order chi connectivity index (χ0) is 13.7. The summed E-state index contributed by atoms with van der Waals surface area (Å²) in [5, 5.41) is 3.29. The van der Waals surface area contributed by atoms with Crippen molar-refractivity contribution in [2.75, 3.05) is 26.0 Å². The smallest absolute Gasteiger partial charge is 0.318 e. The van der Waals surface area contributed by atoms with Gasteiger partial charge < -0.3 is 15.0 Å². The second kappa shape index (κ2) is 6.39. The highest BCUT2D eigenvalue weighted by Gasteiger charge is 2.18. The molecule has 7 heteroatoms. The van der Waals surface area contributed by atoms with Gasteiger partial charge in [0.1, 0.15) is 11.1 Å². The van der Waals surface area contributed by atoms with Gasteiger partial charge in [0.15, 0.2) is 5.82 Å². The predicted octanol–water partition coefficient (Wildman–Crippen LogP) is 1.42. The standard InChI is InChI=1S/C11H17ClN4O2/c1-5-16(3)10(17)7(2)14-9-8(12)6-13-11(15-9)18-4/h6-7H,5H2,1-4H3,(H,13,14,15). The zero-order valence-electron chi connectivity index (χ0n) is 10.9. The van der Waals surface area contributed by atoms with Crippen LogP contribution in [0.25, 0.3) is 0 Å². The molecule has 0 aliphatic carbocycles. The first-order chi connectivity index (χ1) is 8.49. The van der Waals surface area contributed by atoms with Gasteiger partial charge in [-0.3, -0.25) is 4.79 Å². The van der Waals surface area contributed by atoms with E-state index in [1.54, 1.807) is 18.9 Å². The first-order valence-electron chi connectivity index (χ1n) is 5.57. The lowest BCUT2D eigenvalue weighted by Gasteiger charge is -2.21. The lowest BCUT2D eigenvalue weighted by Crippen LogP contribution is -2.39. The summed E-state index contributed by atoms with van der Waals surface area (Å²) < 4.78 is 4.90. The minimum Gasteiger partial charge on any atom is -0.467 e. The molecule has 0 saturated carbocycles. The van der Waals surface area contributed by atoms with Gasteiger partial charge in [0.25, 0.3) is 0 Å². The molecule has 0 bridgehead atoms. The average Bonchev–Trinajstić information content (AvgIpc) is 2.39. The number of likely N-dealkylation sites (N-methyl/N-ethyl adjacent to an activating group) is 1. The Morgan fingerprint density at radius 1 is 1.67 bits per heavy atom. The summed E-state index contributed by atoms with van der Waals surface area (Å²) in [6, 6.07) is -0.225. The van der Waals surface area contributed by atoms with E-state index < -0.39 is 6.04 Å². The Kier molecular flexibility index (Phi) is 5.15. The number of ether oxygens (including phenoxy) is 1. The number of nitrogens with zero attached hydrogens (tertiary/aromatic N) is 3. The lowest BCUT2D eigenvalue weighted by molar-refractivity contribution is -0.130. The van der Waals surface area contributed by atoms with Gasteiger partial charge in [-0.1, -0.05) is 11.6 Å². The van der Waals surface area contributed by atoms with Crippen LogP contribution in [0.5, 0.6) is 6.01 Å². The van der Waals surface area contributed by atoms with Crippen molar-refractivity contribution in [2.24, 2.45) is 0 Å². The van der Waals surface area contributed by atoms with E-state index >= 15 is 0 Å². The van der Waals surface area contributed by atoms with Crippen molar-refractivity contribution in [2.45, 2.75) is 19.9 Å². The van der Waals surface area contributed by atoms with E-state index in [-0.39, 0.29) is 11.9 Å². The van der Waals surface area contributed by atoms with Gasteiger partial charge in [-0.05, 0) is 13.8 Å². The van der Waals surface area contributed by atoms with Gasteiger partial charge in [0.2, 0.25) is 5.91 Å². The summed E-state index contributed by atoms with van der Waals surface area (Å²) in [4.78, 5) is 21.4. The number of hydrogen-bond acceptors (Lipinski definition) is 5. The van der Waals surface area contributed by atoms with E-state index in [1.807, 2.05) is 6.92 Å². The van der Waals surface area contributed by atoms with Gasteiger partial charge in [-0.15, -0.1) is 0 Å². The van der Waals surface area contributed by atoms with E-state index in [0.29, 0.717) is 17.4 Å². The molecule has 0 fully saturated rings. The molecule has 18 heavy (non-hydrogen) atoms. The third-order valence-electron chi connectivity index (χ3n) is 2.48. The maximum atomic E-state index is 11.9. The predicted molar refractivity (Wildman–Crippen MR) is 70.0 cm³/mol. The Morgan fingerprint density at radius 3 is 2.89 bits per heavy atom. The molecule has 100 valence electrons. The third kappa shape index (κ3) is 3.46. The molecule has 0 aliphatic heterocycles. The van der Waals surface area contributed by atoms with Crippen LogP contribution in [0.3, 0.4) is 0 Å². The summed E-state index contributed by atoms with van der Waals surface area (Å²) in [5.41, 5.74) is 0. The van der Waals surface area contributed by atoms with Crippen molar-refractivity contribution in [1.29, 1.82) is 0 Å². The molecular formula is C11H17ClN4O2. The minimum absolute atomic E-state index is 0.0360. The zero-order valence-corrected chi connectivity index (χ0v) is 11.7. The van der Waals surface area contributed by atoms with E-state index in [1.165, 1.54) is 13.3 Å². The van der Waals surface area contributed by atoms with Gasteiger partial charge in [0, 0.05) is 13.6 Å². The Labute approximate surface area is 111 Å². The highest BCUT2D eigenvalue weighted by Crippen LogP contribution is 2.21. The number of hydrogen-bond donors (Lipinski definition) is 1. The number of nitrogens with one attached hydrogen (secondary N) is 1. The maximum absolute atomic E-state index is 11.9. The van der Waals surface area contributed by atoms with E-state index in [9.17, 15) is 4.79 Å². The summed E-state index contributed by atoms with van der Waals surface area (Å²) in [6.07, 6.45) is 1.43. The van der Waals surface area contributed by atoms with Crippen molar-refractivity contribution in [3.8, 4) is 6.01 Å². The third-order valence-corrected chi connectivity index (χ3v) is 2.76. The summed E-state index contributed by atoms with van der Waals surface area (Å²) >= 11 is 5.95. The molecule has 1 aromatic heterocycles. The van der Waals surface area contributed by atoms with E-state index in [2.05, 4.69) is 15.3 Å². The summed E-state index contributed by atoms with van der Waals surface area (Å²) in [7, 11) is 3.20. The summed E-state index contributed by atoms with van der Waals surface area (Å²) in [6.45, 7) is 4.30. The van der Waals surface area contributed by atoms with Gasteiger partial charge in [-0.2, -0.15) is 4.98 Å². The normalized spacial score (nSPS) is 11.8. The van der Waals surface area contributed by atoms with Crippen LogP contribution in [0.2, 0.25) is 5.02 Å². The Hall–Kier alpha value is -1.56. The number of aromatic nitrogens is 2. The molecule has 1 unspecified atom stereocenters. The summed E-state index contributed by atoms with van der Waals surface area (Å²) in [5.74, 6) is 0.347. The van der Waals surface area contributed by atoms with Crippen LogP contribution >= 0.6 is 11.6 Å². The fourth-order valence-corrected chi connectivity index (χ4v) is 1.45. The van der Waals surface area contributed by atoms with Crippen molar-refractivity contribution in [3.05, 3.63) is 11.2 Å². The molecule has 0 saturated heterocycles. The Morgan fingerprint density at radius 2 is 2.33 bits per heavy atom. The quantitative estimate of drug-likeness (QED) is 0.878. The van der Waals surface area contributed by atoms with Gasteiger partial charge in [-0.25, -0.2) is 4.98 Å². The van der Waals surface area contributed by atoms with Crippen molar-refractivity contribution >= 4 is 23.3 Å². The second-order valence-electron chi connectivity index (χ2n) is 3.77. The molecule has 1 heterocycles. The Balaban J connectivity index is 2.80. The van der Waals surface area contributed by atoms with Crippen molar-refractivity contribution in [1.82, 2.24) is 14.9 Å². The number of rotatable bonds is 5. The number of amides is 1. The van der Waals surface area contributed by atoms with Crippen LogP contribution in [-0.2, 0) is 4.79 Å². The van der Waals surface area contributed by atoms with Gasteiger partial charge >= 0.3 is 6.01 Å². The van der Waals surface area contributed by atoms with Crippen LogP contribution in [0, 0.1) is 0 Å². The van der Waals surface area contributed by atoms with Crippen LogP contribution in [-0.4, -0.2) is 47.5 Å². The first kappa shape index (κ1) is 14.5. The van der Waals surface area contributed by atoms with E-state index in [0.717, 1.165) is 0 Å². The molecule has 0 spiro atoms. The molecule has 6 nitrogen and oxygen atoms in total. The molecule has 0 radical (unpaired) electrons. The van der Waals surface area contributed by atoms with Crippen LogP contribution < -0.4 is 10.1 Å². The monoisotopic (exact) mass is 272 g/mol. The van der Waals surface area contributed by atoms with Crippen LogP contribution in [0.1, 0.15) is 13.8 Å². The fraction of sp³-hybridized carbons (Fsp3) is 0.545. The first-order valence-corrected chi connectivity index (χ1v) is 5.95. The SMILES string of the molecule is CCN(C)C(=O)C(C)Nc1nc(OC)ncc1Cl. The molecular weight excluding hydrogens is 256 g/mol. The van der Waals surface area contributed by atoms with Crippen molar-refractivity contribution < 1.29 is 9.53 Å². The fourth-order valence-electron chi connectivity index (χ4n) is 1.30. The average molecular weight is 273 g/mol. The molecule has 1 rings (SSSR count). The molecule has 1 amide bonds. The largest absolute Gasteiger partial charge is 0.467 e. The topological polar surface area (TPSA) is 67.4 Å². The highest BCUT2D eigenvalue weighted by atomic mass is 35.5. The highest BCUT2D eigenvalue weighted by molar-refractivity contribution is 6.32. The van der Waals surface area contributed by atoms with E-state index in [4.69, 9.17) is 16.3 Å². The van der Waals surface area contributed by atoms with Crippen LogP contribution in [0.15, 0.2) is 6.20 Å². The van der Waals surface area contributed by atoms with Crippen molar-refractivity contribution in [3.63, 3.8) is 0 Å². The second-order valence-corrected chi connectivity index (χ2v) is 4.18. The molecule has 0 aromatic carbocycles. The van der Waals surface area contributed by atoms with Crippen LogP contribution in [0.4, 0.5) is 5.82 Å².